The van der Waals surface area contributed by atoms with Crippen LogP contribution in [0.3, 0.4) is 0 Å². The number of aromatic nitrogens is 3. The number of nitrogens with zero attached hydrogens (tertiary/aromatic N) is 4. The van der Waals surface area contributed by atoms with E-state index in [-0.39, 0.29) is 12.4 Å². The fourth-order valence-corrected chi connectivity index (χ4v) is 4.33. The zero-order valence-corrected chi connectivity index (χ0v) is 18.2. The molecule has 0 unspecified atom stereocenters. The molecule has 2 atom stereocenters. The molecule has 2 aromatic rings. The summed E-state index contributed by atoms with van der Waals surface area (Å²) in [6.45, 7) is 6.01. The van der Waals surface area contributed by atoms with E-state index in [0.717, 1.165) is 13.1 Å². The molecule has 4 heterocycles. The summed E-state index contributed by atoms with van der Waals surface area (Å²) in [5.41, 5.74) is -0.955. The fourth-order valence-electron chi connectivity index (χ4n) is 4.33. The number of aliphatic hydroxyl groups is 1. The lowest BCUT2D eigenvalue weighted by Crippen LogP contribution is -2.69. The average Bonchev–Trinajstić information content (AvgIpc) is 3.19. The Morgan fingerprint density at radius 3 is 2.69 bits per heavy atom. The van der Waals surface area contributed by atoms with E-state index in [1.165, 1.54) is 6.20 Å². The van der Waals surface area contributed by atoms with Gasteiger partial charge in [0.25, 0.3) is 12.4 Å². The summed E-state index contributed by atoms with van der Waals surface area (Å²) in [6, 6.07) is 3.44. The molecule has 4 rings (SSSR count). The fraction of sp³-hybridized carbons (Fsp3) is 0.571. The summed E-state index contributed by atoms with van der Waals surface area (Å²) in [4.78, 5) is 31.5. The van der Waals surface area contributed by atoms with Crippen LogP contribution in [-0.4, -0.2) is 79.6 Å². The summed E-state index contributed by atoms with van der Waals surface area (Å²) in [7, 11) is 0. The lowest BCUT2D eigenvalue weighted by molar-refractivity contribution is -0.206. The van der Waals surface area contributed by atoms with Crippen LogP contribution >= 0.6 is 0 Å². The molecule has 1 amide bonds. The number of nitrogens with one attached hydrogen (secondary N) is 1. The van der Waals surface area contributed by atoms with Crippen molar-refractivity contribution in [2.24, 2.45) is 0 Å². The molecule has 11 heteroatoms. The van der Waals surface area contributed by atoms with Gasteiger partial charge in [0.1, 0.15) is 6.10 Å². The number of amides is 1. The van der Waals surface area contributed by atoms with Crippen LogP contribution in [0, 0.1) is 6.92 Å². The Bertz CT molecular complexity index is 899. The number of piperidine rings is 1. The highest BCUT2D eigenvalue weighted by Crippen LogP contribution is 2.40. The first kappa shape index (κ1) is 23.8. The molecule has 174 valence electrons. The number of rotatable bonds is 4. The molecule has 2 aromatic heterocycles. The van der Waals surface area contributed by atoms with Crippen LogP contribution in [0.15, 0.2) is 29.0 Å². The average molecular weight is 447 g/mol. The number of likely N-dealkylation sites (tertiary alicyclic amines) is 1. The molecule has 0 aliphatic carbocycles. The Hall–Kier alpha value is -2.89. The third-order valence-electron chi connectivity index (χ3n) is 6.07. The van der Waals surface area contributed by atoms with Gasteiger partial charge in [-0.2, -0.15) is 4.98 Å². The van der Waals surface area contributed by atoms with Gasteiger partial charge in [-0.3, -0.25) is 19.5 Å². The van der Waals surface area contributed by atoms with E-state index in [1.54, 1.807) is 25.3 Å². The first-order valence-corrected chi connectivity index (χ1v) is 10.5. The Balaban J connectivity index is 0.000000913. The van der Waals surface area contributed by atoms with Crippen molar-refractivity contribution in [1.82, 2.24) is 25.3 Å². The number of ether oxygens (including phenoxy) is 1. The van der Waals surface area contributed by atoms with E-state index in [0.29, 0.717) is 49.7 Å². The van der Waals surface area contributed by atoms with Crippen molar-refractivity contribution in [3.05, 3.63) is 41.8 Å². The van der Waals surface area contributed by atoms with Gasteiger partial charge in [0.2, 0.25) is 5.89 Å². The van der Waals surface area contributed by atoms with Crippen molar-refractivity contribution in [2.45, 2.75) is 56.9 Å². The van der Waals surface area contributed by atoms with Crippen LogP contribution in [0.1, 0.15) is 48.3 Å². The predicted octanol–water partition coefficient (Wildman–Crippen LogP) is 0.778. The van der Waals surface area contributed by atoms with Crippen LogP contribution in [0.5, 0.6) is 0 Å². The Labute approximate surface area is 185 Å². The molecule has 2 fully saturated rings. The number of pyridine rings is 1. The van der Waals surface area contributed by atoms with Crippen molar-refractivity contribution < 1.29 is 29.1 Å². The van der Waals surface area contributed by atoms with Crippen molar-refractivity contribution in [3.8, 4) is 0 Å². The topological polar surface area (TPSA) is 151 Å². The smallest absolute Gasteiger partial charge is 0.290 e. The van der Waals surface area contributed by atoms with Crippen molar-refractivity contribution in [1.29, 1.82) is 0 Å². The van der Waals surface area contributed by atoms with Crippen LogP contribution < -0.4 is 5.32 Å². The molecule has 32 heavy (non-hydrogen) atoms. The van der Waals surface area contributed by atoms with Gasteiger partial charge in [-0.05, 0) is 38.3 Å². The van der Waals surface area contributed by atoms with Gasteiger partial charge >= 0.3 is 0 Å². The number of aliphatic hydroxyl groups excluding tert-OH is 1. The highest BCUT2D eigenvalue weighted by Gasteiger charge is 2.53. The maximum Gasteiger partial charge on any atom is 0.290 e. The van der Waals surface area contributed by atoms with E-state index < -0.39 is 17.2 Å². The van der Waals surface area contributed by atoms with Crippen LogP contribution in [0.4, 0.5) is 0 Å². The highest BCUT2D eigenvalue weighted by atomic mass is 16.5. The highest BCUT2D eigenvalue weighted by molar-refractivity contribution is 5.94. The number of hydrogen-bond donors (Lipinski definition) is 3. The molecule has 0 radical (unpaired) electrons. The second-order valence-electron chi connectivity index (χ2n) is 8.29. The molecular formula is C21H29N5O6. The van der Waals surface area contributed by atoms with E-state index in [4.69, 9.17) is 19.2 Å². The normalized spacial score (nSPS) is 24.9. The minimum atomic E-state index is -0.807. The van der Waals surface area contributed by atoms with Crippen molar-refractivity contribution in [3.63, 3.8) is 0 Å². The van der Waals surface area contributed by atoms with Gasteiger partial charge in [-0.1, -0.05) is 5.16 Å². The lowest BCUT2D eigenvalue weighted by Gasteiger charge is -2.53. The Kier molecular flexibility index (Phi) is 7.54. The molecule has 11 nitrogen and oxygen atoms in total. The van der Waals surface area contributed by atoms with Crippen LogP contribution in [0.25, 0.3) is 0 Å². The number of carbonyl (C=O) groups is 2. The third-order valence-corrected chi connectivity index (χ3v) is 6.07. The van der Waals surface area contributed by atoms with Gasteiger partial charge in [-0.25, -0.2) is 0 Å². The van der Waals surface area contributed by atoms with Gasteiger partial charge in [0.05, 0.1) is 23.2 Å². The number of hydrogen-bond acceptors (Lipinski definition) is 9. The van der Waals surface area contributed by atoms with Crippen molar-refractivity contribution >= 4 is 12.4 Å². The largest absolute Gasteiger partial charge is 0.483 e. The number of carbonyl (C=O) groups excluding carboxylic acids is 1. The molecule has 3 N–H and O–H groups in total. The van der Waals surface area contributed by atoms with Gasteiger partial charge in [0, 0.05) is 39.0 Å². The molecule has 1 spiro atoms. The molecular weight excluding hydrogens is 418 g/mol. The van der Waals surface area contributed by atoms with Crippen LogP contribution in [0.2, 0.25) is 0 Å². The summed E-state index contributed by atoms with van der Waals surface area (Å²) >= 11 is 0. The summed E-state index contributed by atoms with van der Waals surface area (Å²) in [5.74, 6) is 0.985. The predicted molar refractivity (Wildman–Crippen MR) is 112 cm³/mol. The zero-order valence-electron chi connectivity index (χ0n) is 18.2. The van der Waals surface area contributed by atoms with E-state index in [2.05, 4.69) is 25.3 Å². The van der Waals surface area contributed by atoms with Gasteiger partial charge in [0.15, 0.2) is 5.82 Å². The Morgan fingerprint density at radius 1 is 1.38 bits per heavy atom. The molecule has 0 bridgehead atoms. The molecule has 2 aliphatic heterocycles. The lowest BCUT2D eigenvalue weighted by atomic mass is 9.73. The number of carboxylic acid groups (broad SMARTS) is 1. The van der Waals surface area contributed by atoms with E-state index in [9.17, 15) is 9.90 Å². The minimum absolute atomic E-state index is 0.235. The monoisotopic (exact) mass is 447 g/mol. The zero-order chi connectivity index (χ0) is 23.2. The van der Waals surface area contributed by atoms with Gasteiger partial charge in [-0.15, -0.1) is 0 Å². The number of aryl methyl sites for hydroxylation is 1. The summed E-state index contributed by atoms with van der Waals surface area (Å²) < 4.78 is 11.2. The van der Waals surface area contributed by atoms with E-state index in [1.807, 2.05) is 6.92 Å². The standard InChI is InChI=1S/C20H27N5O4.CH2O2/c1-14-22-16(24-29-14)13-25-9-5-20(6-10-25)18(27)19(2,7-11-28-20)23-17(26)15-4-3-8-21-12-15;2-1-3/h3-4,8,12,18,27H,5-7,9-11,13H2,1-2H3,(H,23,26);1H,(H,2,3)/t18-,19+;/m1./s1. The van der Waals surface area contributed by atoms with Crippen molar-refractivity contribution in [2.75, 3.05) is 19.7 Å². The quantitative estimate of drug-likeness (QED) is 0.573. The third kappa shape index (κ3) is 5.29. The summed E-state index contributed by atoms with van der Waals surface area (Å²) in [5, 5.41) is 25.1. The van der Waals surface area contributed by atoms with Gasteiger partial charge < -0.3 is 24.8 Å². The molecule has 2 aliphatic rings. The SMILES string of the molecule is Cc1nc(CN2CCC3(CC2)OCC[C@](C)(NC(=O)c2cccnc2)[C@H]3O)no1.O=CO. The first-order chi connectivity index (χ1) is 15.3. The van der Waals surface area contributed by atoms with Crippen LogP contribution in [-0.2, 0) is 16.1 Å². The minimum Gasteiger partial charge on any atom is -0.483 e. The summed E-state index contributed by atoms with van der Waals surface area (Å²) in [6.07, 6.45) is 4.23. The molecule has 2 saturated heterocycles. The Morgan fingerprint density at radius 2 is 2.09 bits per heavy atom. The molecule has 0 saturated carbocycles. The molecule has 0 aromatic carbocycles. The maximum atomic E-state index is 12.7. The second-order valence-corrected chi connectivity index (χ2v) is 8.29. The second kappa shape index (κ2) is 10.2. The maximum absolute atomic E-state index is 12.7. The van der Waals surface area contributed by atoms with E-state index >= 15 is 0 Å². The first-order valence-electron chi connectivity index (χ1n) is 10.5.